The molecule has 0 aliphatic carbocycles. The second-order valence-electron chi connectivity index (χ2n) is 4.07. The van der Waals surface area contributed by atoms with Crippen LogP contribution in [0.2, 0.25) is 0 Å². The van der Waals surface area contributed by atoms with Crippen molar-refractivity contribution in [3.63, 3.8) is 0 Å². The van der Waals surface area contributed by atoms with E-state index in [1.807, 2.05) is 26.1 Å². The molecule has 1 aromatic carbocycles. The lowest BCUT2D eigenvalue weighted by molar-refractivity contribution is -0.128. The van der Waals surface area contributed by atoms with Crippen molar-refractivity contribution in [1.29, 1.82) is 0 Å². The van der Waals surface area contributed by atoms with Crippen LogP contribution in [-0.4, -0.2) is 30.9 Å². The van der Waals surface area contributed by atoms with Crippen LogP contribution >= 0.6 is 15.9 Å². The number of hydrogen-bond donors (Lipinski definition) is 1. The number of carbonyl (C=O) groups excluding carboxylic acids is 1. The molecule has 0 fully saturated rings. The van der Waals surface area contributed by atoms with Gasteiger partial charge in [-0.25, -0.2) is 0 Å². The summed E-state index contributed by atoms with van der Waals surface area (Å²) in [5, 5.41) is 3.23. The van der Waals surface area contributed by atoms with E-state index in [0.29, 0.717) is 6.54 Å². The second kappa shape index (κ2) is 6.77. The molecule has 1 atom stereocenters. The van der Waals surface area contributed by atoms with Gasteiger partial charge in [-0.1, -0.05) is 28.1 Å². The Morgan fingerprint density at radius 3 is 2.82 bits per heavy atom. The van der Waals surface area contributed by atoms with Gasteiger partial charge >= 0.3 is 0 Å². The summed E-state index contributed by atoms with van der Waals surface area (Å²) < 4.78 is 1.06. The first kappa shape index (κ1) is 14.2. The quantitative estimate of drug-likeness (QED) is 0.906. The summed E-state index contributed by atoms with van der Waals surface area (Å²) in [5.74, 6) is 0.120. The molecule has 3 nitrogen and oxygen atoms in total. The Balaban J connectivity index is 2.50. The molecule has 0 aliphatic rings. The summed E-state index contributed by atoms with van der Waals surface area (Å²) in [7, 11) is 1.81. The van der Waals surface area contributed by atoms with Gasteiger partial charge in [0.1, 0.15) is 0 Å². The average molecular weight is 299 g/mol. The number of amides is 1. The Hall–Kier alpha value is -0.870. The van der Waals surface area contributed by atoms with E-state index in [9.17, 15) is 4.79 Å². The average Bonchev–Trinajstić information content (AvgIpc) is 2.34. The third kappa shape index (κ3) is 4.48. The molecule has 1 amide bonds. The molecule has 17 heavy (non-hydrogen) atoms. The van der Waals surface area contributed by atoms with E-state index in [-0.39, 0.29) is 11.9 Å². The van der Waals surface area contributed by atoms with Crippen molar-refractivity contribution in [2.75, 3.05) is 20.1 Å². The topological polar surface area (TPSA) is 32.3 Å². The van der Waals surface area contributed by atoms with E-state index >= 15 is 0 Å². The summed E-state index contributed by atoms with van der Waals surface area (Å²) in [5.41, 5.74) is 1.17. The number of rotatable bonds is 5. The van der Waals surface area contributed by atoms with Gasteiger partial charge < -0.3 is 10.2 Å². The van der Waals surface area contributed by atoms with Crippen LogP contribution in [0.25, 0.3) is 0 Å². The lowest BCUT2D eigenvalue weighted by Crippen LogP contribution is -2.36. The predicted molar refractivity (Wildman–Crippen MR) is 73.9 cm³/mol. The number of hydrogen-bond acceptors (Lipinski definition) is 2. The number of benzene rings is 1. The molecule has 0 saturated heterocycles. The Morgan fingerprint density at radius 1 is 1.53 bits per heavy atom. The largest absolute Gasteiger partial charge is 0.345 e. The molecule has 94 valence electrons. The van der Waals surface area contributed by atoms with Crippen LogP contribution in [0.5, 0.6) is 0 Å². The number of likely N-dealkylation sites (N-methyl/N-ethyl adjacent to an activating group) is 1. The molecule has 0 heterocycles. The molecule has 0 unspecified atom stereocenters. The van der Waals surface area contributed by atoms with Gasteiger partial charge in [-0.2, -0.15) is 0 Å². The molecule has 0 aliphatic heterocycles. The van der Waals surface area contributed by atoms with Crippen molar-refractivity contribution in [2.24, 2.45) is 0 Å². The van der Waals surface area contributed by atoms with Crippen molar-refractivity contribution in [3.8, 4) is 0 Å². The summed E-state index contributed by atoms with van der Waals surface area (Å²) >= 11 is 3.44. The highest BCUT2D eigenvalue weighted by Gasteiger charge is 2.10. The monoisotopic (exact) mass is 298 g/mol. The highest BCUT2D eigenvalue weighted by molar-refractivity contribution is 9.10. The number of nitrogens with zero attached hydrogens (tertiary/aromatic N) is 1. The fourth-order valence-electron chi connectivity index (χ4n) is 1.45. The van der Waals surface area contributed by atoms with Gasteiger partial charge in [0.2, 0.25) is 5.91 Å². The Bertz CT molecular complexity index is 381. The molecular formula is C13H19BrN2O. The van der Waals surface area contributed by atoms with Gasteiger partial charge in [0.15, 0.2) is 0 Å². The van der Waals surface area contributed by atoms with Crippen LogP contribution in [0.1, 0.15) is 25.5 Å². The van der Waals surface area contributed by atoms with Gasteiger partial charge in [-0.15, -0.1) is 0 Å². The number of halogens is 1. The fourth-order valence-corrected chi connectivity index (χ4v) is 1.86. The molecule has 1 aromatic rings. The standard InChI is InChI=1S/C13H19BrN2O/c1-4-16(3)13(17)9-15-10(2)11-6-5-7-12(14)8-11/h5-8,10,15H,4,9H2,1-3H3/t10-/m0/s1. The van der Waals surface area contributed by atoms with Crippen LogP contribution in [-0.2, 0) is 4.79 Å². The van der Waals surface area contributed by atoms with Gasteiger partial charge in [-0.3, -0.25) is 4.79 Å². The fraction of sp³-hybridized carbons (Fsp3) is 0.462. The third-order valence-electron chi connectivity index (χ3n) is 2.81. The Morgan fingerprint density at radius 2 is 2.24 bits per heavy atom. The molecule has 1 N–H and O–H groups in total. The van der Waals surface area contributed by atoms with Crippen LogP contribution in [0.15, 0.2) is 28.7 Å². The maximum atomic E-state index is 11.6. The zero-order valence-corrected chi connectivity index (χ0v) is 12.1. The highest BCUT2D eigenvalue weighted by atomic mass is 79.9. The summed E-state index contributed by atoms with van der Waals surface area (Å²) in [6.07, 6.45) is 0. The van der Waals surface area contributed by atoms with E-state index in [4.69, 9.17) is 0 Å². The maximum Gasteiger partial charge on any atom is 0.236 e. The van der Waals surface area contributed by atoms with Crippen LogP contribution < -0.4 is 5.32 Å². The van der Waals surface area contributed by atoms with Crippen LogP contribution in [0.4, 0.5) is 0 Å². The number of carbonyl (C=O) groups is 1. The molecule has 1 rings (SSSR count). The van der Waals surface area contributed by atoms with Gasteiger partial charge in [0.25, 0.3) is 0 Å². The van der Waals surface area contributed by atoms with Crippen LogP contribution in [0, 0.1) is 0 Å². The first-order chi connectivity index (χ1) is 8.04. The molecule has 0 bridgehead atoms. The van der Waals surface area contributed by atoms with E-state index in [0.717, 1.165) is 11.0 Å². The van der Waals surface area contributed by atoms with Crippen LogP contribution in [0.3, 0.4) is 0 Å². The van der Waals surface area contributed by atoms with E-state index in [2.05, 4.69) is 40.3 Å². The van der Waals surface area contributed by atoms with E-state index < -0.39 is 0 Å². The number of nitrogens with one attached hydrogen (secondary N) is 1. The predicted octanol–water partition coefficient (Wildman–Crippen LogP) is 2.58. The summed E-state index contributed by atoms with van der Waals surface area (Å²) in [4.78, 5) is 13.3. The minimum atomic E-state index is 0.120. The highest BCUT2D eigenvalue weighted by Crippen LogP contribution is 2.17. The van der Waals surface area contributed by atoms with Crippen molar-refractivity contribution in [2.45, 2.75) is 19.9 Å². The minimum Gasteiger partial charge on any atom is -0.345 e. The lowest BCUT2D eigenvalue weighted by atomic mass is 10.1. The van der Waals surface area contributed by atoms with Crippen molar-refractivity contribution < 1.29 is 4.79 Å². The van der Waals surface area contributed by atoms with E-state index in [1.54, 1.807) is 4.90 Å². The Labute approximate surface area is 111 Å². The van der Waals surface area contributed by atoms with Crippen molar-refractivity contribution in [1.82, 2.24) is 10.2 Å². The van der Waals surface area contributed by atoms with Crippen molar-refractivity contribution in [3.05, 3.63) is 34.3 Å². The first-order valence-electron chi connectivity index (χ1n) is 5.77. The van der Waals surface area contributed by atoms with E-state index in [1.165, 1.54) is 5.56 Å². The van der Waals surface area contributed by atoms with Gasteiger partial charge in [0.05, 0.1) is 6.54 Å². The molecular weight excluding hydrogens is 280 g/mol. The summed E-state index contributed by atoms with van der Waals surface area (Å²) in [6.45, 7) is 5.14. The first-order valence-corrected chi connectivity index (χ1v) is 6.56. The molecule has 0 spiro atoms. The SMILES string of the molecule is CCN(C)C(=O)CN[C@@H](C)c1cccc(Br)c1. The smallest absolute Gasteiger partial charge is 0.236 e. The zero-order valence-electron chi connectivity index (χ0n) is 10.5. The lowest BCUT2D eigenvalue weighted by Gasteiger charge is -2.18. The van der Waals surface area contributed by atoms with Gasteiger partial charge in [0, 0.05) is 24.1 Å². The van der Waals surface area contributed by atoms with Crippen molar-refractivity contribution >= 4 is 21.8 Å². The Kier molecular flexibility index (Phi) is 5.65. The second-order valence-corrected chi connectivity index (χ2v) is 4.98. The third-order valence-corrected chi connectivity index (χ3v) is 3.30. The van der Waals surface area contributed by atoms with Gasteiger partial charge in [-0.05, 0) is 31.5 Å². The summed E-state index contributed by atoms with van der Waals surface area (Å²) in [6, 6.07) is 8.27. The minimum absolute atomic E-state index is 0.120. The molecule has 0 aromatic heterocycles. The normalized spacial score (nSPS) is 12.2. The molecule has 0 saturated carbocycles. The maximum absolute atomic E-state index is 11.6. The molecule has 0 radical (unpaired) electrons. The zero-order chi connectivity index (χ0) is 12.8. The molecule has 4 heteroatoms.